The van der Waals surface area contributed by atoms with E-state index in [9.17, 15) is 9.59 Å². The molecule has 1 amide bonds. The zero-order valence-electron chi connectivity index (χ0n) is 12.5. The summed E-state index contributed by atoms with van der Waals surface area (Å²) in [6, 6.07) is 5.58. The highest BCUT2D eigenvalue weighted by atomic mass is 16.5. The van der Waals surface area contributed by atoms with Gasteiger partial charge in [-0.3, -0.25) is 4.79 Å². The summed E-state index contributed by atoms with van der Waals surface area (Å²) >= 11 is 0. The van der Waals surface area contributed by atoms with E-state index >= 15 is 0 Å². The van der Waals surface area contributed by atoms with Crippen LogP contribution in [0.1, 0.15) is 21.7 Å². The first-order valence-electron chi connectivity index (χ1n) is 7.10. The quantitative estimate of drug-likeness (QED) is 0.917. The molecule has 1 saturated heterocycles. The van der Waals surface area contributed by atoms with Crippen LogP contribution in [0.3, 0.4) is 0 Å². The number of morpholine rings is 1. The van der Waals surface area contributed by atoms with Crippen LogP contribution in [0.4, 0.5) is 0 Å². The first-order valence-corrected chi connectivity index (χ1v) is 7.10. The number of fused-ring (bicyclic) bond motifs is 1. The molecule has 0 spiro atoms. The predicted octanol–water partition coefficient (Wildman–Crippen LogP) is 1.98. The van der Waals surface area contributed by atoms with Crippen LogP contribution in [0, 0.1) is 13.8 Å². The van der Waals surface area contributed by atoms with E-state index in [1.165, 1.54) is 4.90 Å². The third kappa shape index (κ3) is 2.57. The van der Waals surface area contributed by atoms with Gasteiger partial charge in [0, 0.05) is 11.9 Å². The Morgan fingerprint density at radius 3 is 2.68 bits per heavy atom. The first kappa shape index (κ1) is 14.6. The van der Waals surface area contributed by atoms with Gasteiger partial charge in [-0.25, -0.2) is 4.79 Å². The third-order valence-electron chi connectivity index (χ3n) is 3.97. The second-order valence-electron chi connectivity index (χ2n) is 5.53. The molecule has 1 aliphatic rings. The molecule has 6 nitrogen and oxygen atoms in total. The highest BCUT2D eigenvalue weighted by molar-refractivity contribution is 5.96. The van der Waals surface area contributed by atoms with Gasteiger partial charge in [-0.05, 0) is 43.2 Å². The number of nitrogens with zero attached hydrogens (tertiary/aromatic N) is 1. The minimum Gasteiger partial charge on any atom is -0.479 e. The van der Waals surface area contributed by atoms with Crippen LogP contribution in [0.5, 0.6) is 0 Å². The van der Waals surface area contributed by atoms with Crippen molar-refractivity contribution in [1.82, 2.24) is 4.90 Å². The predicted molar refractivity (Wildman–Crippen MR) is 79.0 cm³/mol. The molecular formula is C16H17NO5. The Balaban J connectivity index is 1.87. The zero-order chi connectivity index (χ0) is 15.9. The van der Waals surface area contributed by atoms with E-state index < -0.39 is 12.1 Å². The second kappa shape index (κ2) is 5.46. The van der Waals surface area contributed by atoms with E-state index in [0.717, 1.165) is 16.5 Å². The second-order valence-corrected chi connectivity index (χ2v) is 5.53. The Morgan fingerprint density at radius 1 is 1.23 bits per heavy atom. The van der Waals surface area contributed by atoms with E-state index in [1.807, 2.05) is 26.0 Å². The monoisotopic (exact) mass is 303 g/mol. The van der Waals surface area contributed by atoms with Crippen LogP contribution in [-0.4, -0.2) is 47.7 Å². The van der Waals surface area contributed by atoms with E-state index in [2.05, 4.69) is 0 Å². The van der Waals surface area contributed by atoms with Gasteiger partial charge in [0.05, 0.1) is 13.2 Å². The lowest BCUT2D eigenvalue weighted by Gasteiger charge is -2.30. The Kier molecular flexibility index (Phi) is 3.62. The summed E-state index contributed by atoms with van der Waals surface area (Å²) in [6.07, 6.45) is -0.980. The molecular weight excluding hydrogens is 286 g/mol. The van der Waals surface area contributed by atoms with Gasteiger partial charge in [0.25, 0.3) is 5.91 Å². The van der Waals surface area contributed by atoms with E-state index in [0.29, 0.717) is 12.1 Å². The van der Waals surface area contributed by atoms with Crippen molar-refractivity contribution in [3.05, 3.63) is 35.1 Å². The number of carbonyl (C=O) groups is 2. The normalized spacial score (nSPS) is 18.6. The zero-order valence-corrected chi connectivity index (χ0v) is 12.5. The number of benzene rings is 1. The van der Waals surface area contributed by atoms with Crippen molar-refractivity contribution in [3.63, 3.8) is 0 Å². The number of carboxylic acids is 1. The van der Waals surface area contributed by atoms with Crippen LogP contribution >= 0.6 is 0 Å². The molecule has 1 N–H and O–H groups in total. The van der Waals surface area contributed by atoms with Crippen molar-refractivity contribution < 1.29 is 23.8 Å². The topological polar surface area (TPSA) is 80.0 Å². The van der Waals surface area contributed by atoms with Crippen LogP contribution in [0.2, 0.25) is 0 Å². The van der Waals surface area contributed by atoms with Crippen LogP contribution in [0.25, 0.3) is 11.0 Å². The van der Waals surface area contributed by atoms with Crippen LogP contribution < -0.4 is 0 Å². The van der Waals surface area contributed by atoms with Gasteiger partial charge in [-0.1, -0.05) is 0 Å². The van der Waals surface area contributed by atoms with Crippen molar-refractivity contribution in [1.29, 1.82) is 0 Å². The molecule has 0 radical (unpaired) electrons. The van der Waals surface area contributed by atoms with Crippen molar-refractivity contribution in [3.8, 4) is 0 Å². The summed E-state index contributed by atoms with van der Waals surface area (Å²) in [5.74, 6) is -1.14. The molecule has 1 atom stereocenters. The molecule has 6 heteroatoms. The Bertz CT molecular complexity index is 709. The maximum absolute atomic E-state index is 12.5. The molecule has 2 aromatic rings. The molecule has 116 valence electrons. The van der Waals surface area contributed by atoms with E-state index in [4.69, 9.17) is 14.3 Å². The van der Waals surface area contributed by atoms with Gasteiger partial charge in [0.15, 0.2) is 11.9 Å². The van der Waals surface area contributed by atoms with Crippen molar-refractivity contribution in [2.75, 3.05) is 19.7 Å². The smallest absolute Gasteiger partial charge is 0.334 e. The number of carboxylic acid groups (broad SMARTS) is 1. The molecule has 1 aromatic heterocycles. The molecule has 0 saturated carbocycles. The molecule has 0 aliphatic carbocycles. The maximum atomic E-state index is 12.5. The van der Waals surface area contributed by atoms with Gasteiger partial charge >= 0.3 is 5.97 Å². The summed E-state index contributed by atoms with van der Waals surface area (Å²) in [5, 5.41) is 9.87. The molecule has 1 aromatic carbocycles. The summed E-state index contributed by atoms with van der Waals surface area (Å²) in [4.78, 5) is 24.9. The molecule has 3 rings (SSSR count). The number of aliphatic carboxylic acids is 1. The van der Waals surface area contributed by atoms with Crippen molar-refractivity contribution >= 4 is 22.8 Å². The van der Waals surface area contributed by atoms with Gasteiger partial charge < -0.3 is 19.2 Å². The fourth-order valence-electron chi connectivity index (χ4n) is 2.55. The van der Waals surface area contributed by atoms with Crippen LogP contribution in [-0.2, 0) is 9.53 Å². The first-order chi connectivity index (χ1) is 10.5. The van der Waals surface area contributed by atoms with Crippen molar-refractivity contribution in [2.45, 2.75) is 20.0 Å². The van der Waals surface area contributed by atoms with E-state index in [1.54, 1.807) is 6.07 Å². The lowest BCUT2D eigenvalue weighted by molar-refractivity contribution is -0.154. The lowest BCUT2D eigenvalue weighted by atomic mass is 10.1. The minimum atomic E-state index is -1.06. The van der Waals surface area contributed by atoms with Gasteiger partial charge in [0.1, 0.15) is 5.58 Å². The third-order valence-corrected chi connectivity index (χ3v) is 3.97. The molecule has 2 heterocycles. The number of furan rings is 1. The number of hydrogen-bond acceptors (Lipinski definition) is 4. The summed E-state index contributed by atoms with van der Waals surface area (Å²) in [6.45, 7) is 4.59. The number of amides is 1. The summed E-state index contributed by atoms with van der Waals surface area (Å²) in [7, 11) is 0. The lowest BCUT2D eigenvalue weighted by Crippen LogP contribution is -2.48. The highest BCUT2D eigenvalue weighted by Gasteiger charge is 2.30. The molecule has 22 heavy (non-hydrogen) atoms. The van der Waals surface area contributed by atoms with Gasteiger partial charge in [0.2, 0.25) is 0 Å². The summed E-state index contributed by atoms with van der Waals surface area (Å²) < 4.78 is 10.8. The number of rotatable bonds is 2. The number of aryl methyl sites for hydroxylation is 2. The number of carbonyl (C=O) groups excluding carboxylic acids is 1. The number of hydrogen-bond donors (Lipinski definition) is 1. The standard InChI is InChI=1S/C16H17NO5/c1-9-5-11-7-13(22-12(11)6-10(9)2)15(18)17-3-4-21-14(8-17)16(19)20/h5-7,14H,3-4,8H2,1-2H3,(H,19,20). The number of ether oxygens (including phenoxy) is 1. The fourth-order valence-corrected chi connectivity index (χ4v) is 2.55. The molecule has 1 aliphatic heterocycles. The Morgan fingerprint density at radius 2 is 1.95 bits per heavy atom. The molecule has 0 bridgehead atoms. The SMILES string of the molecule is Cc1cc2cc(C(=O)N3CCOC(C(=O)O)C3)oc2cc1C. The van der Waals surface area contributed by atoms with Gasteiger partial charge in [-0.2, -0.15) is 0 Å². The van der Waals surface area contributed by atoms with Gasteiger partial charge in [-0.15, -0.1) is 0 Å². The molecule has 1 fully saturated rings. The average molecular weight is 303 g/mol. The average Bonchev–Trinajstić information content (AvgIpc) is 2.89. The largest absolute Gasteiger partial charge is 0.479 e. The molecule has 1 unspecified atom stereocenters. The maximum Gasteiger partial charge on any atom is 0.334 e. The van der Waals surface area contributed by atoms with Crippen molar-refractivity contribution in [2.24, 2.45) is 0 Å². The fraction of sp³-hybridized carbons (Fsp3) is 0.375. The minimum absolute atomic E-state index is 0.0310. The Hall–Kier alpha value is -2.34. The van der Waals surface area contributed by atoms with Crippen LogP contribution in [0.15, 0.2) is 22.6 Å². The Labute approximate surface area is 127 Å². The highest BCUT2D eigenvalue weighted by Crippen LogP contribution is 2.24. The van der Waals surface area contributed by atoms with E-state index in [-0.39, 0.29) is 24.8 Å². The summed E-state index contributed by atoms with van der Waals surface area (Å²) in [5.41, 5.74) is 2.89.